The second-order valence-corrected chi connectivity index (χ2v) is 11.4. The largest absolute Gasteiger partial charge is 0.324 e. The van der Waals surface area contributed by atoms with Gasteiger partial charge in [-0.1, -0.05) is 59.8 Å². The second kappa shape index (κ2) is 11.3. The molecule has 0 unspecified atom stereocenters. The van der Waals surface area contributed by atoms with Crippen LogP contribution in [0.25, 0.3) is 16.7 Å². The van der Waals surface area contributed by atoms with Crippen LogP contribution in [0.5, 0.6) is 0 Å². The molecule has 1 aliphatic rings. The second-order valence-electron chi connectivity index (χ2n) is 9.66. The van der Waals surface area contributed by atoms with E-state index < -0.39 is 0 Å². The first-order chi connectivity index (χ1) is 17.9. The van der Waals surface area contributed by atoms with E-state index in [0.717, 1.165) is 60.2 Å². The first-order valence-corrected chi connectivity index (χ1v) is 13.8. The van der Waals surface area contributed by atoms with Gasteiger partial charge in [-0.25, -0.2) is 4.98 Å². The van der Waals surface area contributed by atoms with Gasteiger partial charge in [0.2, 0.25) is 5.91 Å². The molecule has 4 aromatic rings. The van der Waals surface area contributed by atoms with Crippen LogP contribution < -0.4 is 5.32 Å². The number of benzene rings is 3. The quantitative estimate of drug-likeness (QED) is 0.302. The standard InChI is InChI=1S/C29H32ClN5OS/c1-20-12-13-24(23(30)18-20)31-28(36)21(2)37-29-32-25-9-5-7-11-27(25)35(29)26-10-6-4-8-22(26)19-34-16-14-33(3)15-17-34/h4-13,18,21H,14-17,19H2,1-3H3,(H,31,36)/t21-/m0/s1. The smallest absolute Gasteiger partial charge is 0.237 e. The van der Waals surface area contributed by atoms with Gasteiger partial charge in [-0.15, -0.1) is 0 Å². The monoisotopic (exact) mass is 533 g/mol. The van der Waals surface area contributed by atoms with Crippen molar-refractivity contribution >= 4 is 46.0 Å². The number of hydrogen-bond acceptors (Lipinski definition) is 5. The fourth-order valence-electron chi connectivity index (χ4n) is 4.59. The van der Waals surface area contributed by atoms with Gasteiger partial charge in [0.25, 0.3) is 0 Å². The van der Waals surface area contributed by atoms with Crippen molar-refractivity contribution in [3.05, 3.63) is 82.9 Å². The summed E-state index contributed by atoms with van der Waals surface area (Å²) in [6.07, 6.45) is 0. The maximum absolute atomic E-state index is 13.1. The first-order valence-electron chi connectivity index (χ1n) is 12.6. The van der Waals surface area contributed by atoms with Crippen LogP contribution in [0.2, 0.25) is 5.02 Å². The third-order valence-electron chi connectivity index (χ3n) is 6.79. The number of aryl methyl sites for hydroxylation is 1. The zero-order valence-corrected chi connectivity index (χ0v) is 23.0. The molecule has 5 rings (SSSR count). The van der Waals surface area contributed by atoms with Crippen molar-refractivity contribution in [1.82, 2.24) is 19.4 Å². The highest BCUT2D eigenvalue weighted by Crippen LogP contribution is 2.33. The number of anilines is 1. The van der Waals surface area contributed by atoms with Gasteiger partial charge in [0, 0.05) is 32.7 Å². The molecular weight excluding hydrogens is 502 g/mol. The van der Waals surface area contributed by atoms with Gasteiger partial charge in [-0.3, -0.25) is 14.3 Å². The van der Waals surface area contributed by atoms with Crippen molar-refractivity contribution in [2.75, 3.05) is 38.5 Å². The molecule has 37 heavy (non-hydrogen) atoms. The van der Waals surface area contributed by atoms with E-state index in [1.807, 2.05) is 50.2 Å². The molecule has 0 bridgehead atoms. The zero-order valence-electron chi connectivity index (χ0n) is 21.4. The maximum atomic E-state index is 13.1. The number of imidazole rings is 1. The molecule has 1 atom stereocenters. The van der Waals surface area contributed by atoms with E-state index in [4.69, 9.17) is 16.6 Å². The summed E-state index contributed by atoms with van der Waals surface area (Å²) < 4.78 is 2.20. The molecule has 1 aliphatic heterocycles. The SMILES string of the molecule is Cc1ccc(NC(=O)[C@H](C)Sc2nc3ccccc3n2-c2ccccc2CN2CCN(C)CC2)c(Cl)c1. The van der Waals surface area contributed by atoms with Gasteiger partial charge in [-0.05, 0) is 62.4 Å². The molecular formula is C29H32ClN5OS. The average molecular weight is 534 g/mol. The molecule has 1 fully saturated rings. The first kappa shape index (κ1) is 25.8. The van der Waals surface area contributed by atoms with Gasteiger partial charge in [0.15, 0.2) is 5.16 Å². The summed E-state index contributed by atoms with van der Waals surface area (Å²) in [6.45, 7) is 9.02. The Morgan fingerprint density at radius 3 is 2.57 bits per heavy atom. The Hall–Kier alpha value is -2.84. The van der Waals surface area contributed by atoms with E-state index in [0.29, 0.717) is 10.7 Å². The number of nitrogens with one attached hydrogen (secondary N) is 1. The van der Waals surface area contributed by atoms with Crippen LogP contribution in [-0.2, 0) is 11.3 Å². The van der Waals surface area contributed by atoms with Crippen LogP contribution in [-0.4, -0.2) is 63.7 Å². The lowest BCUT2D eigenvalue weighted by molar-refractivity contribution is -0.115. The van der Waals surface area contributed by atoms with Crippen molar-refractivity contribution in [2.24, 2.45) is 0 Å². The number of carbonyl (C=O) groups is 1. The molecule has 1 N–H and O–H groups in total. The van der Waals surface area contributed by atoms with Crippen molar-refractivity contribution < 1.29 is 4.79 Å². The highest BCUT2D eigenvalue weighted by Gasteiger charge is 2.23. The zero-order chi connectivity index (χ0) is 25.9. The Morgan fingerprint density at radius 2 is 1.78 bits per heavy atom. The molecule has 2 heterocycles. The van der Waals surface area contributed by atoms with Crippen LogP contribution >= 0.6 is 23.4 Å². The molecule has 192 valence electrons. The number of piperazine rings is 1. The van der Waals surface area contributed by atoms with Gasteiger partial charge in [-0.2, -0.15) is 0 Å². The van der Waals surface area contributed by atoms with Crippen LogP contribution in [0.15, 0.2) is 71.9 Å². The van der Waals surface area contributed by atoms with Crippen molar-refractivity contribution in [2.45, 2.75) is 30.8 Å². The lowest BCUT2D eigenvalue weighted by Gasteiger charge is -2.32. The Labute approximate surface area is 227 Å². The van der Waals surface area contributed by atoms with Crippen LogP contribution in [0.3, 0.4) is 0 Å². The fraction of sp³-hybridized carbons (Fsp3) is 0.310. The number of halogens is 1. The molecule has 1 amide bonds. The van der Waals surface area contributed by atoms with Gasteiger partial charge >= 0.3 is 0 Å². The average Bonchev–Trinajstić information content (AvgIpc) is 3.25. The topological polar surface area (TPSA) is 53.4 Å². The molecule has 0 spiro atoms. The highest BCUT2D eigenvalue weighted by atomic mass is 35.5. The Kier molecular flexibility index (Phi) is 7.86. The van der Waals surface area contributed by atoms with E-state index in [-0.39, 0.29) is 11.2 Å². The Morgan fingerprint density at radius 1 is 1.05 bits per heavy atom. The molecule has 3 aromatic carbocycles. The van der Waals surface area contributed by atoms with Crippen molar-refractivity contribution in [3.8, 4) is 5.69 Å². The number of thioether (sulfide) groups is 1. The number of carbonyl (C=O) groups excluding carboxylic acids is 1. The van der Waals surface area contributed by atoms with Gasteiger partial charge in [0.05, 0.1) is 32.7 Å². The van der Waals surface area contributed by atoms with E-state index in [1.165, 1.54) is 17.3 Å². The fourth-order valence-corrected chi connectivity index (χ4v) is 5.81. The minimum atomic E-state index is -0.377. The minimum Gasteiger partial charge on any atom is -0.324 e. The summed E-state index contributed by atoms with van der Waals surface area (Å²) in [5.41, 5.74) is 5.97. The van der Waals surface area contributed by atoms with E-state index in [1.54, 1.807) is 0 Å². The molecule has 1 aromatic heterocycles. The summed E-state index contributed by atoms with van der Waals surface area (Å²) in [7, 11) is 2.18. The molecule has 6 nitrogen and oxygen atoms in total. The lowest BCUT2D eigenvalue weighted by atomic mass is 10.1. The molecule has 0 radical (unpaired) electrons. The van der Waals surface area contributed by atoms with Gasteiger partial charge in [0.1, 0.15) is 0 Å². The third kappa shape index (κ3) is 5.85. The molecule has 8 heteroatoms. The van der Waals surface area contributed by atoms with Crippen LogP contribution in [0.4, 0.5) is 5.69 Å². The van der Waals surface area contributed by atoms with E-state index in [2.05, 4.69) is 57.1 Å². The summed E-state index contributed by atoms with van der Waals surface area (Å²) in [5.74, 6) is -0.111. The number of aromatic nitrogens is 2. The summed E-state index contributed by atoms with van der Waals surface area (Å²) in [5, 5.41) is 3.94. The van der Waals surface area contributed by atoms with Crippen LogP contribution in [0, 0.1) is 6.92 Å². The number of nitrogens with zero attached hydrogens (tertiary/aromatic N) is 4. The molecule has 0 saturated carbocycles. The Bertz CT molecular complexity index is 1410. The Balaban J connectivity index is 1.44. The molecule has 1 saturated heterocycles. The van der Waals surface area contributed by atoms with Gasteiger partial charge < -0.3 is 10.2 Å². The number of likely N-dealkylation sites (N-methyl/N-ethyl adjacent to an activating group) is 1. The highest BCUT2D eigenvalue weighted by molar-refractivity contribution is 8.00. The molecule has 0 aliphatic carbocycles. The van der Waals surface area contributed by atoms with E-state index >= 15 is 0 Å². The number of para-hydroxylation sites is 3. The minimum absolute atomic E-state index is 0.111. The van der Waals surface area contributed by atoms with Crippen molar-refractivity contribution in [3.63, 3.8) is 0 Å². The van der Waals surface area contributed by atoms with E-state index in [9.17, 15) is 4.79 Å². The summed E-state index contributed by atoms with van der Waals surface area (Å²) >= 11 is 7.82. The predicted molar refractivity (Wildman–Crippen MR) is 154 cm³/mol. The summed E-state index contributed by atoms with van der Waals surface area (Å²) in [6, 6.07) is 22.3. The normalized spacial score (nSPS) is 15.7. The third-order valence-corrected chi connectivity index (χ3v) is 8.15. The number of hydrogen-bond donors (Lipinski definition) is 1. The number of rotatable bonds is 7. The maximum Gasteiger partial charge on any atom is 0.237 e. The van der Waals surface area contributed by atoms with Crippen LogP contribution in [0.1, 0.15) is 18.1 Å². The summed E-state index contributed by atoms with van der Waals surface area (Å²) in [4.78, 5) is 23.0. The lowest BCUT2D eigenvalue weighted by Crippen LogP contribution is -2.44. The number of amides is 1. The predicted octanol–water partition coefficient (Wildman–Crippen LogP) is 5.85. The van der Waals surface area contributed by atoms with Crippen molar-refractivity contribution in [1.29, 1.82) is 0 Å². The number of fused-ring (bicyclic) bond motifs is 1.